The van der Waals surface area contributed by atoms with E-state index in [4.69, 9.17) is 0 Å². The molecule has 2 aromatic carbocycles. The molecule has 4 nitrogen and oxygen atoms in total. The number of aryl methyl sites for hydroxylation is 2. The van der Waals surface area contributed by atoms with Gasteiger partial charge in [0.15, 0.2) is 0 Å². The molecular formula is C30H36N2O2S. The van der Waals surface area contributed by atoms with Crippen molar-refractivity contribution in [2.24, 2.45) is 0 Å². The van der Waals surface area contributed by atoms with E-state index < -0.39 is 0 Å². The zero-order chi connectivity index (χ0) is 25.0. The second-order valence-corrected chi connectivity index (χ2v) is 10.2. The van der Waals surface area contributed by atoms with Gasteiger partial charge in [-0.05, 0) is 55.2 Å². The number of amides is 2. The average Bonchev–Trinajstić information content (AvgIpc) is 3.28. The van der Waals surface area contributed by atoms with Gasteiger partial charge in [-0.3, -0.25) is 9.59 Å². The molecule has 0 aliphatic rings. The summed E-state index contributed by atoms with van der Waals surface area (Å²) in [6.07, 6.45) is 6.25. The van der Waals surface area contributed by atoms with E-state index in [1.807, 2.05) is 59.5 Å². The summed E-state index contributed by atoms with van der Waals surface area (Å²) in [5.41, 5.74) is 2.90. The Hall–Kier alpha value is -3.18. The summed E-state index contributed by atoms with van der Waals surface area (Å²) in [5, 5.41) is 0. The maximum atomic E-state index is 13.5. The van der Waals surface area contributed by atoms with E-state index in [2.05, 4.69) is 32.6 Å². The number of benzene rings is 2. The fourth-order valence-corrected chi connectivity index (χ4v) is 4.91. The van der Waals surface area contributed by atoms with Crippen LogP contribution in [0.25, 0.3) is 0 Å². The summed E-state index contributed by atoms with van der Waals surface area (Å²) >= 11 is 1.69. The number of unbranched alkanes of at least 4 members (excludes halogenated alkanes) is 2. The molecule has 184 valence electrons. The molecule has 2 amide bonds. The van der Waals surface area contributed by atoms with E-state index in [1.54, 1.807) is 22.3 Å². The Morgan fingerprint density at radius 2 is 1.63 bits per heavy atom. The van der Waals surface area contributed by atoms with E-state index in [9.17, 15) is 9.59 Å². The highest BCUT2D eigenvalue weighted by Crippen LogP contribution is 2.19. The van der Waals surface area contributed by atoms with Gasteiger partial charge in [-0.15, -0.1) is 17.9 Å². The van der Waals surface area contributed by atoms with Crippen LogP contribution >= 0.6 is 11.3 Å². The summed E-state index contributed by atoms with van der Waals surface area (Å²) in [6, 6.07) is 21.9. The van der Waals surface area contributed by atoms with Crippen molar-refractivity contribution in [3.8, 4) is 0 Å². The average molecular weight is 489 g/mol. The van der Waals surface area contributed by atoms with Crippen LogP contribution in [0.15, 0.2) is 79.4 Å². The lowest BCUT2D eigenvalue weighted by Gasteiger charge is -2.27. The van der Waals surface area contributed by atoms with E-state index in [0.29, 0.717) is 25.2 Å². The van der Waals surface area contributed by atoms with Gasteiger partial charge < -0.3 is 9.80 Å². The Morgan fingerprint density at radius 1 is 0.886 bits per heavy atom. The SMILES string of the molecule is C=CCN(CC(=O)N(Cc1ccccc1)Cc1ccc(C)s1)C(=O)c1ccc(CCCCC)cc1. The van der Waals surface area contributed by atoms with Crippen LogP contribution in [-0.2, 0) is 24.3 Å². The van der Waals surface area contributed by atoms with Crippen molar-refractivity contribution in [1.29, 1.82) is 0 Å². The monoisotopic (exact) mass is 488 g/mol. The quantitative estimate of drug-likeness (QED) is 0.200. The van der Waals surface area contributed by atoms with Gasteiger partial charge in [0.2, 0.25) is 5.91 Å². The molecule has 0 saturated heterocycles. The van der Waals surface area contributed by atoms with Crippen LogP contribution in [0.1, 0.15) is 57.4 Å². The fraction of sp³-hybridized carbons (Fsp3) is 0.333. The van der Waals surface area contributed by atoms with Crippen LogP contribution < -0.4 is 0 Å². The van der Waals surface area contributed by atoms with Crippen molar-refractivity contribution in [2.45, 2.75) is 52.6 Å². The van der Waals surface area contributed by atoms with Crippen LogP contribution in [0, 0.1) is 6.92 Å². The fourth-order valence-electron chi connectivity index (χ4n) is 4.01. The van der Waals surface area contributed by atoms with Crippen molar-refractivity contribution in [3.05, 3.63) is 106 Å². The lowest BCUT2D eigenvalue weighted by Crippen LogP contribution is -2.42. The Kier molecular flexibility index (Phi) is 10.3. The second-order valence-electron chi connectivity index (χ2n) is 8.88. The largest absolute Gasteiger partial charge is 0.332 e. The number of rotatable bonds is 13. The van der Waals surface area contributed by atoms with E-state index >= 15 is 0 Å². The van der Waals surface area contributed by atoms with Crippen LogP contribution in [-0.4, -0.2) is 34.7 Å². The molecule has 0 saturated carbocycles. The first-order valence-electron chi connectivity index (χ1n) is 12.4. The summed E-state index contributed by atoms with van der Waals surface area (Å²) in [4.78, 5) is 32.5. The summed E-state index contributed by atoms with van der Waals surface area (Å²) in [5.74, 6) is -0.226. The molecule has 0 N–H and O–H groups in total. The van der Waals surface area contributed by atoms with Gasteiger partial charge in [0.1, 0.15) is 6.54 Å². The van der Waals surface area contributed by atoms with Crippen molar-refractivity contribution < 1.29 is 9.59 Å². The predicted octanol–water partition coefficient (Wildman–Crippen LogP) is 6.65. The normalized spacial score (nSPS) is 10.7. The van der Waals surface area contributed by atoms with Gasteiger partial charge in [0.05, 0.1) is 6.54 Å². The highest BCUT2D eigenvalue weighted by atomic mass is 32.1. The Labute approximate surface area is 213 Å². The molecule has 5 heteroatoms. The van der Waals surface area contributed by atoms with Crippen molar-refractivity contribution >= 4 is 23.2 Å². The Bertz CT molecular complexity index is 1090. The van der Waals surface area contributed by atoms with Crippen molar-refractivity contribution in [2.75, 3.05) is 13.1 Å². The summed E-state index contributed by atoms with van der Waals surface area (Å²) in [7, 11) is 0. The molecule has 35 heavy (non-hydrogen) atoms. The number of nitrogens with zero attached hydrogens (tertiary/aromatic N) is 2. The van der Waals surface area contributed by atoms with Gasteiger partial charge >= 0.3 is 0 Å². The van der Waals surface area contributed by atoms with E-state index in [-0.39, 0.29) is 18.4 Å². The number of carbonyl (C=O) groups excluding carboxylic acids is 2. The van der Waals surface area contributed by atoms with Crippen LogP contribution in [0.3, 0.4) is 0 Å². The molecular weight excluding hydrogens is 452 g/mol. The molecule has 0 fully saturated rings. The first-order valence-corrected chi connectivity index (χ1v) is 13.2. The maximum Gasteiger partial charge on any atom is 0.254 e. The van der Waals surface area contributed by atoms with Crippen molar-refractivity contribution in [1.82, 2.24) is 9.80 Å². The first-order chi connectivity index (χ1) is 17.0. The minimum atomic E-state index is -0.148. The minimum Gasteiger partial charge on any atom is -0.332 e. The molecule has 0 radical (unpaired) electrons. The van der Waals surface area contributed by atoms with Gasteiger partial charge in [0, 0.05) is 28.4 Å². The van der Waals surface area contributed by atoms with E-state index in [1.165, 1.54) is 23.3 Å². The standard InChI is InChI=1S/C30H36N2O2S/c1-4-6-8-11-25-15-17-27(18-16-25)30(34)31(20-5-2)23-29(33)32(21-26-12-9-7-10-13-26)22-28-19-14-24(3)35-28/h5,7,9-10,12-19H,2,4,6,8,11,20-23H2,1,3H3. The number of carbonyl (C=O) groups is 2. The number of hydrogen-bond donors (Lipinski definition) is 0. The maximum absolute atomic E-state index is 13.5. The molecule has 0 unspecified atom stereocenters. The topological polar surface area (TPSA) is 40.6 Å². The molecule has 0 spiro atoms. The second kappa shape index (κ2) is 13.6. The summed E-state index contributed by atoms with van der Waals surface area (Å²) in [6.45, 7) is 9.42. The highest BCUT2D eigenvalue weighted by Gasteiger charge is 2.22. The Morgan fingerprint density at radius 3 is 2.26 bits per heavy atom. The van der Waals surface area contributed by atoms with Crippen LogP contribution in [0.5, 0.6) is 0 Å². The van der Waals surface area contributed by atoms with Gasteiger partial charge in [-0.25, -0.2) is 0 Å². The van der Waals surface area contributed by atoms with Gasteiger partial charge in [-0.2, -0.15) is 0 Å². The van der Waals surface area contributed by atoms with Gasteiger partial charge in [0.25, 0.3) is 5.91 Å². The highest BCUT2D eigenvalue weighted by molar-refractivity contribution is 7.11. The molecule has 1 heterocycles. The minimum absolute atomic E-state index is 0.0142. The third kappa shape index (κ3) is 8.22. The summed E-state index contributed by atoms with van der Waals surface area (Å²) < 4.78 is 0. The van der Waals surface area contributed by atoms with Crippen molar-refractivity contribution in [3.63, 3.8) is 0 Å². The molecule has 0 bridgehead atoms. The Balaban J connectivity index is 1.73. The molecule has 0 aliphatic heterocycles. The van der Waals surface area contributed by atoms with Crippen LogP contribution in [0.4, 0.5) is 0 Å². The molecule has 1 aromatic heterocycles. The zero-order valence-corrected chi connectivity index (χ0v) is 21.7. The molecule has 0 atom stereocenters. The smallest absolute Gasteiger partial charge is 0.254 e. The third-order valence-electron chi connectivity index (χ3n) is 5.94. The molecule has 3 aromatic rings. The zero-order valence-electron chi connectivity index (χ0n) is 20.9. The molecule has 0 aliphatic carbocycles. The molecule has 3 rings (SSSR count). The number of hydrogen-bond acceptors (Lipinski definition) is 3. The van der Waals surface area contributed by atoms with Crippen LogP contribution in [0.2, 0.25) is 0 Å². The lowest BCUT2D eigenvalue weighted by molar-refractivity contribution is -0.133. The van der Waals surface area contributed by atoms with E-state index in [0.717, 1.165) is 23.3 Å². The third-order valence-corrected chi connectivity index (χ3v) is 6.93. The number of thiophene rings is 1. The van der Waals surface area contributed by atoms with Gasteiger partial charge in [-0.1, -0.05) is 68.3 Å². The first kappa shape index (κ1) is 26.4. The predicted molar refractivity (Wildman–Crippen MR) is 146 cm³/mol. The lowest BCUT2D eigenvalue weighted by atomic mass is 10.0.